The summed E-state index contributed by atoms with van der Waals surface area (Å²) in [4.78, 5) is 14.4. The van der Waals surface area contributed by atoms with Gasteiger partial charge in [0.2, 0.25) is 5.91 Å². The van der Waals surface area contributed by atoms with Gasteiger partial charge in [-0.1, -0.05) is 18.2 Å². The van der Waals surface area contributed by atoms with E-state index >= 15 is 0 Å². The maximum Gasteiger partial charge on any atom is 0.221 e. The van der Waals surface area contributed by atoms with Crippen molar-refractivity contribution >= 4 is 16.8 Å². The third-order valence-corrected chi connectivity index (χ3v) is 4.49. The van der Waals surface area contributed by atoms with Crippen molar-refractivity contribution in [2.45, 2.75) is 19.0 Å². The Kier molecular flexibility index (Phi) is 5.19. The van der Waals surface area contributed by atoms with Gasteiger partial charge in [0.05, 0.1) is 12.2 Å². The minimum Gasteiger partial charge on any atom is -0.354 e. The molecule has 3 rings (SSSR count). The molecule has 0 saturated carbocycles. The van der Waals surface area contributed by atoms with Crippen molar-refractivity contribution in [1.82, 2.24) is 24.6 Å². The lowest BCUT2D eigenvalue weighted by Gasteiger charge is -2.23. The normalized spacial score (nSPS) is 12.6. The SMILES string of the molecule is CN(C)[C@@H](CNC(=O)CCn1ccc2ccccc21)c1cnn(C)c1. The van der Waals surface area contributed by atoms with E-state index in [0.29, 0.717) is 19.5 Å². The van der Waals surface area contributed by atoms with Crippen molar-refractivity contribution < 1.29 is 4.79 Å². The summed E-state index contributed by atoms with van der Waals surface area (Å²) in [5.41, 5.74) is 2.26. The van der Waals surface area contributed by atoms with Crippen LogP contribution in [0.2, 0.25) is 0 Å². The number of aryl methyl sites for hydroxylation is 2. The second-order valence-corrected chi connectivity index (χ2v) is 6.55. The maximum absolute atomic E-state index is 12.3. The van der Waals surface area contributed by atoms with Gasteiger partial charge in [-0.15, -0.1) is 0 Å². The number of para-hydroxylation sites is 1. The lowest BCUT2D eigenvalue weighted by molar-refractivity contribution is -0.121. The summed E-state index contributed by atoms with van der Waals surface area (Å²) in [6, 6.07) is 10.4. The van der Waals surface area contributed by atoms with Crippen LogP contribution in [0.15, 0.2) is 48.9 Å². The zero-order valence-electron chi connectivity index (χ0n) is 15.0. The Balaban J connectivity index is 1.55. The minimum absolute atomic E-state index is 0.0634. The highest BCUT2D eigenvalue weighted by Crippen LogP contribution is 2.17. The fourth-order valence-electron chi connectivity index (χ4n) is 3.07. The number of nitrogens with one attached hydrogen (secondary N) is 1. The number of hydrogen-bond donors (Lipinski definition) is 1. The Bertz CT molecular complexity index is 848. The quantitative estimate of drug-likeness (QED) is 0.718. The molecule has 1 aromatic carbocycles. The number of likely N-dealkylation sites (N-methyl/N-ethyl adjacent to an activating group) is 1. The molecule has 25 heavy (non-hydrogen) atoms. The van der Waals surface area contributed by atoms with Gasteiger partial charge in [0.25, 0.3) is 0 Å². The van der Waals surface area contributed by atoms with Crippen LogP contribution in [0.1, 0.15) is 18.0 Å². The van der Waals surface area contributed by atoms with Crippen LogP contribution < -0.4 is 5.32 Å². The second-order valence-electron chi connectivity index (χ2n) is 6.55. The third-order valence-electron chi connectivity index (χ3n) is 4.49. The van der Waals surface area contributed by atoms with Crippen LogP contribution in [-0.4, -0.2) is 45.8 Å². The molecule has 0 fully saturated rings. The molecule has 1 amide bonds. The van der Waals surface area contributed by atoms with E-state index in [-0.39, 0.29) is 11.9 Å². The van der Waals surface area contributed by atoms with Crippen molar-refractivity contribution in [3.8, 4) is 0 Å². The second kappa shape index (κ2) is 7.53. The van der Waals surface area contributed by atoms with Crippen LogP contribution in [0.5, 0.6) is 0 Å². The van der Waals surface area contributed by atoms with E-state index in [9.17, 15) is 4.79 Å². The number of benzene rings is 1. The summed E-state index contributed by atoms with van der Waals surface area (Å²) in [7, 11) is 5.92. The third kappa shape index (κ3) is 4.09. The first kappa shape index (κ1) is 17.2. The molecule has 3 aromatic rings. The number of nitrogens with zero attached hydrogens (tertiary/aromatic N) is 4. The maximum atomic E-state index is 12.3. The zero-order chi connectivity index (χ0) is 17.8. The van der Waals surface area contributed by atoms with Gasteiger partial charge >= 0.3 is 0 Å². The van der Waals surface area contributed by atoms with Crippen LogP contribution >= 0.6 is 0 Å². The molecule has 0 saturated heterocycles. The minimum atomic E-state index is 0.0634. The Morgan fingerprint density at radius 1 is 1.28 bits per heavy atom. The fourth-order valence-corrected chi connectivity index (χ4v) is 3.07. The molecule has 2 heterocycles. The van der Waals surface area contributed by atoms with Crippen molar-refractivity contribution in [3.05, 3.63) is 54.5 Å². The molecule has 132 valence electrons. The van der Waals surface area contributed by atoms with E-state index < -0.39 is 0 Å². The Hall–Kier alpha value is -2.60. The smallest absolute Gasteiger partial charge is 0.221 e. The highest BCUT2D eigenvalue weighted by molar-refractivity contribution is 5.80. The first-order valence-corrected chi connectivity index (χ1v) is 8.50. The van der Waals surface area contributed by atoms with Crippen LogP contribution in [0.25, 0.3) is 10.9 Å². The molecular weight excluding hydrogens is 314 g/mol. The van der Waals surface area contributed by atoms with E-state index in [4.69, 9.17) is 0 Å². The molecular formula is C19H25N5O. The molecule has 0 spiro atoms. The largest absolute Gasteiger partial charge is 0.354 e. The van der Waals surface area contributed by atoms with E-state index in [1.165, 1.54) is 5.39 Å². The van der Waals surface area contributed by atoms with E-state index in [2.05, 4.69) is 38.1 Å². The van der Waals surface area contributed by atoms with Gasteiger partial charge in [-0.3, -0.25) is 9.48 Å². The van der Waals surface area contributed by atoms with Crippen molar-refractivity contribution in [1.29, 1.82) is 0 Å². The molecule has 0 aliphatic heterocycles. The summed E-state index contributed by atoms with van der Waals surface area (Å²) in [6.45, 7) is 1.25. The number of carbonyl (C=O) groups excluding carboxylic acids is 1. The topological polar surface area (TPSA) is 55.1 Å². The van der Waals surface area contributed by atoms with Gasteiger partial charge in [0, 0.05) is 50.0 Å². The molecule has 0 aliphatic carbocycles. The van der Waals surface area contributed by atoms with Gasteiger partial charge in [-0.2, -0.15) is 5.10 Å². The van der Waals surface area contributed by atoms with Crippen molar-refractivity contribution in [3.63, 3.8) is 0 Å². The summed E-state index contributed by atoms with van der Waals surface area (Å²) in [5.74, 6) is 0.0634. The number of hydrogen-bond acceptors (Lipinski definition) is 3. The molecule has 2 aromatic heterocycles. The molecule has 0 unspecified atom stereocenters. The highest BCUT2D eigenvalue weighted by Gasteiger charge is 2.16. The zero-order valence-corrected chi connectivity index (χ0v) is 15.0. The van der Waals surface area contributed by atoms with Crippen LogP contribution in [0.3, 0.4) is 0 Å². The van der Waals surface area contributed by atoms with Crippen molar-refractivity contribution in [2.75, 3.05) is 20.6 Å². The monoisotopic (exact) mass is 339 g/mol. The number of amides is 1. The molecule has 6 heteroatoms. The highest BCUT2D eigenvalue weighted by atomic mass is 16.1. The number of rotatable bonds is 7. The standard InChI is InChI=1S/C19H25N5O/c1-22(2)18(16-12-21-23(3)14-16)13-20-19(25)9-11-24-10-8-15-6-4-5-7-17(15)24/h4-8,10,12,14,18H,9,11,13H2,1-3H3,(H,20,25)/t18-/m0/s1. The average Bonchev–Trinajstić information content (AvgIpc) is 3.19. The van der Waals surface area contributed by atoms with Gasteiger partial charge in [0.15, 0.2) is 0 Å². The Morgan fingerprint density at radius 3 is 2.80 bits per heavy atom. The first-order chi connectivity index (χ1) is 12.0. The Labute approximate surface area is 148 Å². The van der Waals surface area contributed by atoms with Gasteiger partial charge in [-0.05, 0) is 31.6 Å². The summed E-state index contributed by atoms with van der Waals surface area (Å²) in [5, 5.41) is 8.47. The summed E-state index contributed by atoms with van der Waals surface area (Å²) >= 11 is 0. The molecule has 1 N–H and O–H groups in total. The molecule has 0 bridgehead atoms. The molecule has 0 radical (unpaired) electrons. The predicted octanol–water partition coefficient (Wildman–Crippen LogP) is 2.18. The summed E-state index contributed by atoms with van der Waals surface area (Å²) in [6.07, 6.45) is 6.34. The van der Waals surface area contributed by atoms with Crippen LogP contribution in [-0.2, 0) is 18.4 Å². The average molecular weight is 339 g/mol. The molecule has 6 nitrogen and oxygen atoms in total. The lowest BCUT2D eigenvalue weighted by Crippen LogP contribution is -2.34. The van der Waals surface area contributed by atoms with Crippen molar-refractivity contribution in [2.24, 2.45) is 7.05 Å². The Morgan fingerprint density at radius 2 is 2.08 bits per heavy atom. The molecule has 1 atom stereocenters. The summed E-state index contributed by atoms with van der Waals surface area (Å²) < 4.78 is 3.91. The number of carbonyl (C=O) groups is 1. The number of fused-ring (bicyclic) bond motifs is 1. The predicted molar refractivity (Wildman–Crippen MR) is 99.2 cm³/mol. The van der Waals surface area contributed by atoms with E-state index in [1.54, 1.807) is 4.68 Å². The number of aromatic nitrogens is 3. The van der Waals surface area contributed by atoms with Crippen LogP contribution in [0.4, 0.5) is 0 Å². The first-order valence-electron chi connectivity index (χ1n) is 8.50. The van der Waals surface area contributed by atoms with Gasteiger partial charge < -0.3 is 14.8 Å². The van der Waals surface area contributed by atoms with E-state index in [1.807, 2.05) is 51.9 Å². The van der Waals surface area contributed by atoms with Crippen LogP contribution in [0, 0.1) is 0 Å². The fraction of sp³-hybridized carbons (Fsp3) is 0.368. The van der Waals surface area contributed by atoms with E-state index in [0.717, 1.165) is 11.1 Å². The molecule has 0 aliphatic rings. The van der Waals surface area contributed by atoms with Gasteiger partial charge in [0.1, 0.15) is 0 Å². The lowest BCUT2D eigenvalue weighted by atomic mass is 10.1. The van der Waals surface area contributed by atoms with Gasteiger partial charge in [-0.25, -0.2) is 0 Å².